The molecule has 1 amide bonds. The van der Waals surface area contributed by atoms with Crippen LogP contribution in [0.25, 0.3) is 10.9 Å². The van der Waals surface area contributed by atoms with Crippen LogP contribution in [0.4, 0.5) is 0 Å². The Labute approximate surface area is 111 Å². The number of nitrogens with zero attached hydrogens (tertiary/aromatic N) is 1. The fourth-order valence-corrected chi connectivity index (χ4v) is 3.46. The first-order chi connectivity index (χ1) is 8.75. The number of rotatable bonds is 1. The molecule has 4 heteroatoms. The standard InChI is InChI=1S/C14H16N2OS/c1-10-9-16(7-8-18-10)14(17)12-3-2-4-13-11(12)5-6-15-13/h2-6,10,15H,7-9H2,1H3. The quantitative estimate of drug-likeness (QED) is 0.856. The van der Waals surface area contributed by atoms with Gasteiger partial charge in [0.2, 0.25) is 0 Å². The predicted octanol–water partition coefficient (Wildman–Crippen LogP) is 2.75. The van der Waals surface area contributed by atoms with E-state index in [2.05, 4.69) is 11.9 Å². The number of amides is 1. The Kier molecular flexibility index (Phi) is 3.04. The molecule has 18 heavy (non-hydrogen) atoms. The topological polar surface area (TPSA) is 36.1 Å². The zero-order valence-corrected chi connectivity index (χ0v) is 11.2. The summed E-state index contributed by atoms with van der Waals surface area (Å²) in [6.45, 7) is 3.89. The molecular formula is C14H16N2OS. The summed E-state index contributed by atoms with van der Waals surface area (Å²) < 4.78 is 0. The number of nitrogens with one attached hydrogen (secondary N) is 1. The Balaban J connectivity index is 1.94. The monoisotopic (exact) mass is 260 g/mol. The van der Waals surface area contributed by atoms with Crippen LogP contribution in [0.1, 0.15) is 17.3 Å². The zero-order valence-electron chi connectivity index (χ0n) is 10.3. The molecule has 94 valence electrons. The Bertz CT molecular complexity index is 578. The zero-order chi connectivity index (χ0) is 12.5. The van der Waals surface area contributed by atoms with Gasteiger partial charge in [-0.05, 0) is 18.2 Å². The minimum Gasteiger partial charge on any atom is -0.361 e. The summed E-state index contributed by atoms with van der Waals surface area (Å²) in [5.74, 6) is 1.20. The smallest absolute Gasteiger partial charge is 0.254 e. The fourth-order valence-electron chi connectivity index (χ4n) is 2.45. The molecule has 1 aliphatic heterocycles. The Morgan fingerprint density at radius 3 is 3.17 bits per heavy atom. The van der Waals surface area contributed by atoms with Crippen molar-refractivity contribution >= 4 is 28.6 Å². The molecule has 3 rings (SSSR count). The number of H-pyrrole nitrogens is 1. The van der Waals surface area contributed by atoms with Crippen molar-refractivity contribution in [3.05, 3.63) is 36.0 Å². The average Bonchev–Trinajstić information content (AvgIpc) is 2.86. The van der Waals surface area contributed by atoms with E-state index in [1.165, 1.54) is 0 Å². The van der Waals surface area contributed by atoms with Crippen molar-refractivity contribution in [1.82, 2.24) is 9.88 Å². The van der Waals surface area contributed by atoms with Crippen LogP contribution in [0.15, 0.2) is 30.5 Å². The molecule has 1 aromatic carbocycles. The summed E-state index contributed by atoms with van der Waals surface area (Å²) in [5, 5.41) is 1.56. The van der Waals surface area contributed by atoms with Gasteiger partial charge in [-0.3, -0.25) is 4.79 Å². The molecule has 2 heterocycles. The first kappa shape index (κ1) is 11.7. The third kappa shape index (κ3) is 2.01. The number of carbonyl (C=O) groups excluding carboxylic acids is 1. The van der Waals surface area contributed by atoms with Gasteiger partial charge in [0.25, 0.3) is 5.91 Å². The maximum atomic E-state index is 12.6. The molecule has 0 bridgehead atoms. The molecular weight excluding hydrogens is 244 g/mol. The van der Waals surface area contributed by atoms with Gasteiger partial charge in [0.15, 0.2) is 0 Å². The van der Waals surface area contributed by atoms with Crippen LogP contribution in [0, 0.1) is 0 Å². The molecule has 1 fully saturated rings. The molecule has 1 atom stereocenters. The van der Waals surface area contributed by atoms with Gasteiger partial charge in [-0.15, -0.1) is 0 Å². The molecule has 3 nitrogen and oxygen atoms in total. The average molecular weight is 260 g/mol. The van der Waals surface area contributed by atoms with Crippen molar-refractivity contribution in [2.45, 2.75) is 12.2 Å². The minimum absolute atomic E-state index is 0.160. The van der Waals surface area contributed by atoms with Gasteiger partial charge in [-0.2, -0.15) is 11.8 Å². The van der Waals surface area contributed by atoms with Crippen molar-refractivity contribution in [3.8, 4) is 0 Å². The second-order valence-corrected chi connectivity index (χ2v) is 6.22. The number of aromatic amines is 1. The van der Waals surface area contributed by atoms with Crippen LogP contribution in [0.3, 0.4) is 0 Å². The van der Waals surface area contributed by atoms with Crippen molar-refractivity contribution < 1.29 is 4.79 Å². The number of thioether (sulfide) groups is 1. The third-order valence-electron chi connectivity index (χ3n) is 3.35. The first-order valence-electron chi connectivity index (χ1n) is 6.22. The molecule has 0 radical (unpaired) electrons. The van der Waals surface area contributed by atoms with Crippen LogP contribution in [-0.2, 0) is 0 Å². The van der Waals surface area contributed by atoms with E-state index in [9.17, 15) is 4.79 Å². The van der Waals surface area contributed by atoms with Crippen molar-refractivity contribution in [1.29, 1.82) is 0 Å². The Hall–Kier alpha value is -1.42. The summed E-state index contributed by atoms with van der Waals surface area (Å²) >= 11 is 1.94. The SMILES string of the molecule is CC1CN(C(=O)c2cccc3[nH]ccc23)CCS1. The second-order valence-electron chi connectivity index (χ2n) is 4.68. The number of hydrogen-bond acceptors (Lipinski definition) is 2. The molecule has 0 spiro atoms. The van der Waals surface area contributed by atoms with E-state index in [0.29, 0.717) is 5.25 Å². The molecule has 0 saturated carbocycles. The van der Waals surface area contributed by atoms with E-state index in [1.54, 1.807) is 0 Å². The number of hydrogen-bond donors (Lipinski definition) is 1. The van der Waals surface area contributed by atoms with Gasteiger partial charge in [0, 0.05) is 46.8 Å². The lowest BCUT2D eigenvalue weighted by Crippen LogP contribution is -2.41. The summed E-state index contributed by atoms with van der Waals surface area (Å²) in [4.78, 5) is 17.7. The first-order valence-corrected chi connectivity index (χ1v) is 7.27. The van der Waals surface area contributed by atoms with Gasteiger partial charge >= 0.3 is 0 Å². The molecule has 1 unspecified atom stereocenters. The van der Waals surface area contributed by atoms with E-state index in [1.807, 2.05) is 47.1 Å². The Morgan fingerprint density at radius 1 is 1.44 bits per heavy atom. The number of fused-ring (bicyclic) bond motifs is 1. The predicted molar refractivity (Wildman–Crippen MR) is 76.1 cm³/mol. The van der Waals surface area contributed by atoms with Crippen LogP contribution < -0.4 is 0 Å². The summed E-state index contributed by atoms with van der Waals surface area (Å²) in [6.07, 6.45) is 1.89. The van der Waals surface area contributed by atoms with E-state index in [-0.39, 0.29) is 5.91 Å². The maximum Gasteiger partial charge on any atom is 0.254 e. The van der Waals surface area contributed by atoms with E-state index < -0.39 is 0 Å². The number of aromatic nitrogens is 1. The van der Waals surface area contributed by atoms with E-state index >= 15 is 0 Å². The lowest BCUT2D eigenvalue weighted by Gasteiger charge is -2.30. The van der Waals surface area contributed by atoms with Gasteiger partial charge in [-0.25, -0.2) is 0 Å². The number of benzene rings is 1. The highest BCUT2D eigenvalue weighted by molar-refractivity contribution is 7.99. The lowest BCUT2D eigenvalue weighted by atomic mass is 10.1. The van der Waals surface area contributed by atoms with Gasteiger partial charge in [0.05, 0.1) is 0 Å². The highest BCUT2D eigenvalue weighted by Gasteiger charge is 2.23. The highest BCUT2D eigenvalue weighted by Crippen LogP contribution is 2.23. The van der Waals surface area contributed by atoms with Crippen molar-refractivity contribution in [2.75, 3.05) is 18.8 Å². The molecule has 0 aliphatic carbocycles. The van der Waals surface area contributed by atoms with Crippen molar-refractivity contribution in [3.63, 3.8) is 0 Å². The van der Waals surface area contributed by atoms with Crippen LogP contribution in [0.2, 0.25) is 0 Å². The van der Waals surface area contributed by atoms with Gasteiger partial charge in [-0.1, -0.05) is 13.0 Å². The molecule has 1 N–H and O–H groups in total. The maximum absolute atomic E-state index is 12.6. The normalized spacial score (nSPS) is 20.3. The summed E-state index contributed by atoms with van der Waals surface area (Å²) in [6, 6.07) is 7.84. The van der Waals surface area contributed by atoms with Crippen LogP contribution in [0.5, 0.6) is 0 Å². The molecule has 1 aliphatic rings. The lowest BCUT2D eigenvalue weighted by molar-refractivity contribution is 0.0765. The van der Waals surface area contributed by atoms with E-state index in [0.717, 1.165) is 35.3 Å². The largest absolute Gasteiger partial charge is 0.361 e. The van der Waals surface area contributed by atoms with Crippen LogP contribution >= 0.6 is 11.8 Å². The second kappa shape index (κ2) is 4.69. The minimum atomic E-state index is 0.160. The van der Waals surface area contributed by atoms with Crippen molar-refractivity contribution in [2.24, 2.45) is 0 Å². The molecule has 1 saturated heterocycles. The number of carbonyl (C=O) groups is 1. The van der Waals surface area contributed by atoms with Crippen LogP contribution in [-0.4, -0.2) is 39.9 Å². The molecule has 2 aromatic rings. The Morgan fingerprint density at radius 2 is 2.33 bits per heavy atom. The van der Waals surface area contributed by atoms with Gasteiger partial charge in [0.1, 0.15) is 0 Å². The fraction of sp³-hybridized carbons (Fsp3) is 0.357. The summed E-state index contributed by atoms with van der Waals surface area (Å²) in [7, 11) is 0. The third-order valence-corrected chi connectivity index (χ3v) is 4.49. The van der Waals surface area contributed by atoms with E-state index in [4.69, 9.17) is 0 Å². The highest BCUT2D eigenvalue weighted by atomic mass is 32.2. The summed E-state index contributed by atoms with van der Waals surface area (Å²) in [5.41, 5.74) is 1.84. The van der Waals surface area contributed by atoms with Gasteiger partial charge < -0.3 is 9.88 Å². The molecule has 1 aromatic heterocycles.